The van der Waals surface area contributed by atoms with Gasteiger partial charge in [0.2, 0.25) is 0 Å². The van der Waals surface area contributed by atoms with Crippen molar-refractivity contribution in [2.75, 3.05) is 0 Å². The van der Waals surface area contributed by atoms with Crippen molar-refractivity contribution in [1.29, 1.82) is 0 Å². The highest BCUT2D eigenvalue weighted by atomic mass is 19.4. The van der Waals surface area contributed by atoms with Crippen LogP contribution < -0.4 is 34.1 Å². The summed E-state index contributed by atoms with van der Waals surface area (Å²) in [7, 11) is 0. The molecule has 2 aromatic heterocycles. The first kappa shape index (κ1) is 42.1. The number of ether oxygens (including phenoxy) is 1. The molecule has 0 fully saturated rings. The van der Waals surface area contributed by atoms with Crippen molar-refractivity contribution in [3.8, 4) is 0 Å². The van der Waals surface area contributed by atoms with E-state index in [4.69, 9.17) is 0 Å². The molecule has 0 spiro atoms. The number of hydrogen-bond acceptors (Lipinski definition) is 7. The molecule has 0 aliphatic heterocycles. The van der Waals surface area contributed by atoms with Crippen molar-refractivity contribution in [3.63, 3.8) is 0 Å². The van der Waals surface area contributed by atoms with Crippen LogP contribution in [0, 0.1) is 0 Å². The number of nitrogens with zero attached hydrogens (tertiary/aromatic N) is 6. The zero-order chi connectivity index (χ0) is 39.7. The topological polar surface area (TPSA) is 141 Å². The zero-order valence-corrected chi connectivity index (χ0v) is 25.5. The van der Waals surface area contributed by atoms with E-state index in [1.165, 1.54) is 0 Å². The lowest BCUT2D eigenvalue weighted by Gasteiger charge is -2.38. The molecule has 0 aliphatic rings. The van der Waals surface area contributed by atoms with Crippen LogP contribution >= 0.6 is 0 Å². The van der Waals surface area contributed by atoms with E-state index in [0.717, 1.165) is 24.3 Å². The Morgan fingerprint density at radius 2 is 0.667 bits per heavy atom. The number of allylic oxidation sites excluding steroid dienone is 4. The highest BCUT2D eigenvalue weighted by Gasteiger charge is 2.83. The van der Waals surface area contributed by atoms with Gasteiger partial charge in [0.15, 0.2) is 0 Å². The van der Waals surface area contributed by atoms with Gasteiger partial charge < -0.3 is 0 Å². The quantitative estimate of drug-likeness (QED) is 0.167. The standard InChI is InChI=1S/C26H24F12N6O7/c1-5-9-39-15(45)40(10-6-2)18(48)43(17(39)47)13-21(27,28)23(31,32)24(33,34)26(37,38)51-25(35,36)22(29,30)14-44-19(49)41(11-7-3)16(46)42(12-8-4)20(44)50/h5-8H,1-4,9-14H2. The van der Waals surface area contributed by atoms with Crippen LogP contribution in [0.1, 0.15) is 0 Å². The van der Waals surface area contributed by atoms with Gasteiger partial charge >= 0.3 is 70.0 Å². The Kier molecular flexibility index (Phi) is 11.8. The van der Waals surface area contributed by atoms with Gasteiger partial charge in [0.05, 0.1) is 26.2 Å². The summed E-state index contributed by atoms with van der Waals surface area (Å²) in [6.45, 7) is 2.56. The van der Waals surface area contributed by atoms with Crippen LogP contribution in [-0.2, 0) is 44.0 Å². The van der Waals surface area contributed by atoms with Crippen molar-refractivity contribution < 1.29 is 57.4 Å². The predicted octanol–water partition coefficient (Wildman–Crippen LogP) is 1.84. The molecule has 0 N–H and O–H groups in total. The van der Waals surface area contributed by atoms with Gasteiger partial charge in [0.1, 0.15) is 13.1 Å². The fraction of sp³-hybridized carbons (Fsp3) is 0.462. The Morgan fingerprint density at radius 3 is 0.941 bits per heavy atom. The van der Waals surface area contributed by atoms with E-state index in [9.17, 15) is 81.5 Å². The average molecular weight is 760 g/mol. The third-order valence-electron chi connectivity index (χ3n) is 6.63. The Bertz CT molecular complexity index is 1980. The summed E-state index contributed by atoms with van der Waals surface area (Å²) in [6.07, 6.45) is -11.7. The van der Waals surface area contributed by atoms with Gasteiger partial charge in [-0.25, -0.2) is 60.9 Å². The van der Waals surface area contributed by atoms with Gasteiger partial charge in [0.25, 0.3) is 0 Å². The monoisotopic (exact) mass is 760 g/mol. The normalized spacial score (nSPS) is 13.3. The third-order valence-corrected chi connectivity index (χ3v) is 6.63. The smallest absolute Gasteiger partial charge is 0.247 e. The van der Waals surface area contributed by atoms with E-state index >= 15 is 0 Å². The minimum absolute atomic E-state index is 0.0562. The molecule has 0 unspecified atom stereocenters. The lowest BCUT2D eigenvalue weighted by atomic mass is 10.0. The molecule has 0 amide bonds. The Hall–Kier alpha value is -5.10. The molecule has 0 bridgehead atoms. The van der Waals surface area contributed by atoms with E-state index in [-0.39, 0.29) is 18.3 Å². The summed E-state index contributed by atoms with van der Waals surface area (Å²) < 4.78 is 175. The molecule has 0 aliphatic carbocycles. The maximum absolute atomic E-state index is 14.8. The molecule has 2 rings (SSSR count). The first-order chi connectivity index (χ1) is 23.2. The molecular weight excluding hydrogens is 736 g/mol. The van der Waals surface area contributed by atoms with Crippen LogP contribution in [0.2, 0.25) is 0 Å². The van der Waals surface area contributed by atoms with Crippen molar-refractivity contribution in [3.05, 3.63) is 114 Å². The predicted molar refractivity (Wildman–Crippen MR) is 150 cm³/mol. The first-order valence-corrected chi connectivity index (χ1v) is 13.5. The zero-order valence-electron chi connectivity index (χ0n) is 25.5. The van der Waals surface area contributed by atoms with Gasteiger partial charge in [0, 0.05) is 0 Å². The third kappa shape index (κ3) is 7.23. The van der Waals surface area contributed by atoms with Gasteiger partial charge in [-0.3, -0.25) is 0 Å². The molecule has 0 saturated carbocycles. The molecule has 0 atom stereocenters. The van der Waals surface area contributed by atoms with Gasteiger partial charge in [-0.2, -0.15) is 52.7 Å². The number of rotatable bonds is 18. The molecule has 25 heteroatoms. The Labute approximate surface area is 274 Å². The maximum Gasteiger partial charge on any atom is 0.430 e. The fourth-order valence-corrected chi connectivity index (χ4v) is 4.08. The second-order valence-electron chi connectivity index (χ2n) is 10.2. The van der Waals surface area contributed by atoms with Gasteiger partial charge in [-0.05, 0) is 0 Å². The summed E-state index contributed by atoms with van der Waals surface area (Å²) in [6, 6.07) is 0. The van der Waals surface area contributed by atoms with E-state index in [1.54, 1.807) is 0 Å². The van der Waals surface area contributed by atoms with Gasteiger partial charge in [-0.1, -0.05) is 24.3 Å². The van der Waals surface area contributed by atoms with E-state index < -0.39 is 118 Å². The molecule has 0 saturated heterocycles. The summed E-state index contributed by atoms with van der Waals surface area (Å²) in [5, 5.41) is 0. The fourth-order valence-electron chi connectivity index (χ4n) is 4.08. The summed E-state index contributed by atoms with van der Waals surface area (Å²) in [5.41, 5.74) is -11.7. The molecule has 13 nitrogen and oxygen atoms in total. The molecule has 0 radical (unpaired) electrons. The highest BCUT2D eigenvalue weighted by Crippen LogP contribution is 2.55. The van der Waals surface area contributed by atoms with Crippen molar-refractivity contribution in [2.45, 2.75) is 75.2 Å². The largest absolute Gasteiger partial charge is 0.430 e. The average Bonchev–Trinajstić information content (AvgIpc) is 3.01. The maximum atomic E-state index is 14.8. The lowest BCUT2D eigenvalue weighted by molar-refractivity contribution is -0.497. The van der Waals surface area contributed by atoms with Crippen LogP contribution in [0.25, 0.3) is 0 Å². The summed E-state index contributed by atoms with van der Waals surface area (Å²) >= 11 is 0. The molecular formula is C26H24F12N6O7. The second kappa shape index (κ2) is 14.3. The van der Waals surface area contributed by atoms with Crippen LogP contribution in [0.15, 0.2) is 79.4 Å². The molecule has 2 aromatic rings. The number of alkyl halides is 12. The van der Waals surface area contributed by atoms with Crippen LogP contribution in [0.3, 0.4) is 0 Å². The highest BCUT2D eigenvalue weighted by molar-refractivity contribution is 5.02. The number of halogens is 12. The molecule has 2 heterocycles. The van der Waals surface area contributed by atoms with E-state index in [2.05, 4.69) is 31.1 Å². The summed E-state index contributed by atoms with van der Waals surface area (Å²) in [5.74, 6) is -28.7. The van der Waals surface area contributed by atoms with Gasteiger partial charge in [-0.15, -0.1) is 26.3 Å². The SMILES string of the molecule is C=CCn1c(=O)n(CC=C)c(=O)n(CC(F)(F)C(F)(F)OC(F)(F)C(F)(F)C(F)(F)C(F)(F)Cn2c(=O)n(CC=C)c(=O)n(CC=C)c2=O)c1=O. The Morgan fingerprint density at radius 1 is 0.412 bits per heavy atom. The van der Waals surface area contributed by atoms with E-state index in [0.29, 0.717) is 0 Å². The summed E-state index contributed by atoms with van der Waals surface area (Å²) in [4.78, 5) is 74.5. The van der Waals surface area contributed by atoms with Crippen molar-refractivity contribution >= 4 is 0 Å². The Balaban J connectivity index is 2.64. The van der Waals surface area contributed by atoms with E-state index in [1.807, 2.05) is 0 Å². The minimum atomic E-state index is -7.90. The number of hydrogen-bond donors (Lipinski definition) is 0. The molecule has 0 aromatic carbocycles. The van der Waals surface area contributed by atoms with Crippen molar-refractivity contribution in [1.82, 2.24) is 27.4 Å². The molecule has 284 valence electrons. The second-order valence-corrected chi connectivity index (χ2v) is 10.2. The number of aromatic nitrogens is 6. The van der Waals surface area contributed by atoms with Crippen LogP contribution in [-0.4, -0.2) is 63.3 Å². The van der Waals surface area contributed by atoms with Crippen LogP contribution in [0.4, 0.5) is 52.7 Å². The van der Waals surface area contributed by atoms with Crippen LogP contribution in [0.5, 0.6) is 0 Å². The first-order valence-electron chi connectivity index (χ1n) is 13.5. The van der Waals surface area contributed by atoms with Crippen molar-refractivity contribution in [2.24, 2.45) is 0 Å². The lowest BCUT2D eigenvalue weighted by Crippen LogP contribution is -2.67. The molecule has 51 heavy (non-hydrogen) atoms. The minimum Gasteiger partial charge on any atom is -0.247 e.